The molecule has 0 radical (unpaired) electrons. The number of rotatable bonds is 5. The molecule has 0 bridgehead atoms. The zero-order valence-electron chi connectivity index (χ0n) is 15.4. The van der Waals surface area contributed by atoms with Crippen LogP contribution in [0.1, 0.15) is 23.1 Å². The number of hydrogen-bond donors (Lipinski definition) is 1. The highest BCUT2D eigenvalue weighted by Gasteiger charge is 2.18. The van der Waals surface area contributed by atoms with Gasteiger partial charge < -0.3 is 10.1 Å². The van der Waals surface area contributed by atoms with Crippen LogP contribution in [0.4, 0.5) is 5.69 Å². The van der Waals surface area contributed by atoms with E-state index in [9.17, 15) is 4.79 Å². The number of aromatic nitrogens is 1. The number of anilines is 1. The molecule has 0 aliphatic carbocycles. The van der Waals surface area contributed by atoms with Gasteiger partial charge in [0.05, 0.1) is 16.4 Å². The minimum atomic E-state index is -0.610. The van der Waals surface area contributed by atoms with Crippen molar-refractivity contribution in [1.29, 1.82) is 0 Å². The molecule has 1 atom stereocenters. The van der Waals surface area contributed by atoms with Gasteiger partial charge in [-0.15, -0.1) is 11.3 Å². The minimum absolute atomic E-state index is 0.190. The molecule has 0 aliphatic rings. The topological polar surface area (TPSA) is 51.2 Å². The van der Waals surface area contributed by atoms with Gasteiger partial charge in [-0.25, -0.2) is 4.98 Å². The molecule has 0 unspecified atom stereocenters. The highest BCUT2D eigenvalue weighted by atomic mass is 32.1. The number of nitrogens with zero attached hydrogens (tertiary/aromatic N) is 1. The molecule has 0 aliphatic heterocycles. The summed E-state index contributed by atoms with van der Waals surface area (Å²) in [5.74, 6) is 0.543. The lowest BCUT2D eigenvalue weighted by molar-refractivity contribution is -0.122. The summed E-state index contributed by atoms with van der Waals surface area (Å²) >= 11 is 1.59. The summed E-state index contributed by atoms with van der Waals surface area (Å²) in [7, 11) is 0. The Morgan fingerprint density at radius 1 is 1.12 bits per heavy atom. The van der Waals surface area contributed by atoms with Gasteiger partial charge in [-0.05, 0) is 51.0 Å². The summed E-state index contributed by atoms with van der Waals surface area (Å²) < 4.78 is 5.88. The molecule has 1 N–H and O–H groups in total. The third-order valence-electron chi connectivity index (χ3n) is 4.31. The molecular formula is C21H22N2O2S. The molecule has 0 saturated carbocycles. The SMILES string of the molecule is Cc1nc(-c2ccccc2NC(=O)[C@@H](C)Oc2cccc(C)c2C)cs1. The van der Waals surface area contributed by atoms with Gasteiger partial charge in [0.15, 0.2) is 6.10 Å². The minimum Gasteiger partial charge on any atom is -0.481 e. The van der Waals surface area contributed by atoms with Gasteiger partial charge in [-0.1, -0.05) is 30.3 Å². The Bertz CT molecular complexity index is 933. The van der Waals surface area contributed by atoms with Gasteiger partial charge in [0.25, 0.3) is 5.91 Å². The second-order valence-corrected chi connectivity index (χ2v) is 7.31. The fourth-order valence-corrected chi connectivity index (χ4v) is 3.25. The van der Waals surface area contributed by atoms with Crippen LogP contribution in [-0.4, -0.2) is 17.0 Å². The molecule has 1 heterocycles. The maximum absolute atomic E-state index is 12.6. The van der Waals surface area contributed by atoms with E-state index in [2.05, 4.69) is 10.3 Å². The normalized spacial score (nSPS) is 11.8. The van der Waals surface area contributed by atoms with Gasteiger partial charge >= 0.3 is 0 Å². The lowest BCUT2D eigenvalue weighted by Gasteiger charge is -2.18. The number of carbonyl (C=O) groups is 1. The first-order valence-electron chi connectivity index (χ1n) is 8.51. The number of benzene rings is 2. The van der Waals surface area contributed by atoms with Crippen molar-refractivity contribution in [1.82, 2.24) is 4.98 Å². The third-order valence-corrected chi connectivity index (χ3v) is 5.08. The summed E-state index contributed by atoms with van der Waals surface area (Å²) in [6, 6.07) is 13.5. The number of thiazole rings is 1. The molecule has 0 spiro atoms. The van der Waals surface area contributed by atoms with Gasteiger partial charge in [0.1, 0.15) is 5.75 Å². The lowest BCUT2D eigenvalue weighted by atomic mass is 10.1. The zero-order valence-corrected chi connectivity index (χ0v) is 16.2. The maximum atomic E-state index is 12.6. The molecule has 3 rings (SSSR count). The molecule has 1 aromatic heterocycles. The van der Waals surface area contributed by atoms with Crippen LogP contribution < -0.4 is 10.1 Å². The summed E-state index contributed by atoms with van der Waals surface area (Å²) in [5.41, 5.74) is 4.69. The molecule has 0 saturated heterocycles. The molecule has 1 amide bonds. The Kier molecular flexibility index (Phi) is 5.38. The number of nitrogens with one attached hydrogen (secondary N) is 1. The van der Waals surface area contributed by atoms with Crippen LogP contribution in [0.25, 0.3) is 11.3 Å². The molecule has 5 heteroatoms. The molecule has 26 heavy (non-hydrogen) atoms. The fourth-order valence-electron chi connectivity index (χ4n) is 2.63. The van der Waals surface area contributed by atoms with Crippen molar-refractivity contribution in [3.8, 4) is 17.0 Å². The quantitative estimate of drug-likeness (QED) is 0.680. The largest absolute Gasteiger partial charge is 0.481 e. The number of carbonyl (C=O) groups excluding carboxylic acids is 1. The van der Waals surface area contributed by atoms with Crippen LogP contribution in [0.5, 0.6) is 5.75 Å². The van der Waals surface area contributed by atoms with Crippen LogP contribution in [0, 0.1) is 20.8 Å². The fraction of sp³-hybridized carbons (Fsp3) is 0.238. The van der Waals surface area contributed by atoms with E-state index in [1.165, 1.54) is 0 Å². The summed E-state index contributed by atoms with van der Waals surface area (Å²) in [5, 5.41) is 5.96. The van der Waals surface area contributed by atoms with Gasteiger partial charge in [0, 0.05) is 10.9 Å². The van der Waals surface area contributed by atoms with Crippen molar-refractivity contribution in [2.24, 2.45) is 0 Å². The molecule has 134 valence electrons. The number of para-hydroxylation sites is 1. The van der Waals surface area contributed by atoms with Crippen molar-refractivity contribution >= 4 is 22.9 Å². The standard InChI is InChI=1S/C21H22N2O2S/c1-13-8-7-11-20(14(13)2)25-15(3)21(24)23-18-10-6-5-9-17(18)19-12-26-16(4)22-19/h5-12,15H,1-4H3,(H,23,24)/t15-/m1/s1. The van der Waals surface area contributed by atoms with Crippen molar-refractivity contribution < 1.29 is 9.53 Å². The highest BCUT2D eigenvalue weighted by molar-refractivity contribution is 7.09. The average Bonchev–Trinajstić information content (AvgIpc) is 3.05. The summed E-state index contributed by atoms with van der Waals surface area (Å²) in [6.45, 7) is 7.75. The Morgan fingerprint density at radius 2 is 1.88 bits per heavy atom. The van der Waals surface area contributed by atoms with E-state index in [1.54, 1.807) is 18.3 Å². The number of aryl methyl sites for hydroxylation is 2. The van der Waals surface area contributed by atoms with E-state index in [-0.39, 0.29) is 5.91 Å². The van der Waals surface area contributed by atoms with Crippen LogP contribution in [0.2, 0.25) is 0 Å². The van der Waals surface area contributed by atoms with Crippen molar-refractivity contribution in [2.45, 2.75) is 33.8 Å². The second-order valence-electron chi connectivity index (χ2n) is 6.24. The number of amides is 1. The first-order chi connectivity index (χ1) is 12.5. The third kappa shape index (κ3) is 3.94. The number of hydrogen-bond acceptors (Lipinski definition) is 4. The van der Waals surface area contributed by atoms with Crippen molar-refractivity contribution in [2.75, 3.05) is 5.32 Å². The number of ether oxygens (including phenoxy) is 1. The highest BCUT2D eigenvalue weighted by Crippen LogP contribution is 2.29. The van der Waals surface area contributed by atoms with Crippen molar-refractivity contribution in [3.63, 3.8) is 0 Å². The lowest BCUT2D eigenvalue weighted by Crippen LogP contribution is -2.30. The molecule has 2 aromatic carbocycles. The van der Waals surface area contributed by atoms with E-state index >= 15 is 0 Å². The Balaban J connectivity index is 1.77. The van der Waals surface area contributed by atoms with E-state index in [1.807, 2.05) is 68.6 Å². The first kappa shape index (κ1) is 18.1. The van der Waals surface area contributed by atoms with E-state index in [0.29, 0.717) is 0 Å². The predicted octanol–water partition coefficient (Wildman–Crippen LogP) is 5.14. The summed E-state index contributed by atoms with van der Waals surface area (Å²) in [6.07, 6.45) is -0.610. The Morgan fingerprint density at radius 3 is 2.62 bits per heavy atom. The molecular weight excluding hydrogens is 344 g/mol. The van der Waals surface area contributed by atoms with E-state index in [4.69, 9.17) is 4.74 Å². The predicted molar refractivity (Wildman–Crippen MR) is 107 cm³/mol. The molecule has 0 fully saturated rings. The monoisotopic (exact) mass is 366 g/mol. The van der Waals surface area contributed by atoms with Crippen LogP contribution in [-0.2, 0) is 4.79 Å². The molecule has 4 nitrogen and oxygen atoms in total. The Labute approximate surface area is 157 Å². The second kappa shape index (κ2) is 7.70. The van der Waals surface area contributed by atoms with Crippen LogP contribution in [0.15, 0.2) is 47.8 Å². The first-order valence-corrected chi connectivity index (χ1v) is 9.39. The molecule has 3 aromatic rings. The average molecular weight is 366 g/mol. The maximum Gasteiger partial charge on any atom is 0.265 e. The van der Waals surface area contributed by atoms with E-state index in [0.717, 1.165) is 38.8 Å². The van der Waals surface area contributed by atoms with Gasteiger partial charge in [0.2, 0.25) is 0 Å². The smallest absolute Gasteiger partial charge is 0.265 e. The van der Waals surface area contributed by atoms with Crippen LogP contribution >= 0.6 is 11.3 Å². The Hall–Kier alpha value is -2.66. The van der Waals surface area contributed by atoms with Crippen molar-refractivity contribution in [3.05, 3.63) is 64.0 Å². The summed E-state index contributed by atoms with van der Waals surface area (Å²) in [4.78, 5) is 17.2. The van der Waals surface area contributed by atoms with E-state index < -0.39 is 6.10 Å². The zero-order chi connectivity index (χ0) is 18.7. The van der Waals surface area contributed by atoms with Crippen LogP contribution in [0.3, 0.4) is 0 Å². The van der Waals surface area contributed by atoms with Gasteiger partial charge in [-0.3, -0.25) is 4.79 Å². The van der Waals surface area contributed by atoms with Gasteiger partial charge in [-0.2, -0.15) is 0 Å².